The summed E-state index contributed by atoms with van der Waals surface area (Å²) in [4.78, 5) is 14.5. The number of nitrogens with one attached hydrogen (secondary N) is 2. The summed E-state index contributed by atoms with van der Waals surface area (Å²) in [5.74, 6) is 0.875. The maximum Gasteiger partial charge on any atom is 0.251 e. The van der Waals surface area contributed by atoms with Crippen LogP contribution in [0.25, 0.3) is 0 Å². The summed E-state index contributed by atoms with van der Waals surface area (Å²) in [5.41, 5.74) is 1.90. The van der Waals surface area contributed by atoms with E-state index in [1.165, 1.54) is 25.9 Å². The van der Waals surface area contributed by atoms with Crippen molar-refractivity contribution in [2.45, 2.75) is 37.8 Å². The molecule has 0 spiro atoms. The minimum atomic E-state index is 0.0619. The van der Waals surface area contributed by atoms with Gasteiger partial charge in [0.15, 0.2) is 0 Å². The highest BCUT2D eigenvalue weighted by atomic mass is 16.1. The van der Waals surface area contributed by atoms with Gasteiger partial charge in [0.1, 0.15) is 0 Å². The van der Waals surface area contributed by atoms with Crippen LogP contribution in [0.2, 0.25) is 0 Å². The maximum absolute atomic E-state index is 12.0. The number of anilines is 1. The summed E-state index contributed by atoms with van der Waals surface area (Å²) in [6.45, 7) is 3.70. The lowest BCUT2D eigenvalue weighted by molar-refractivity contribution is 0.0951. The molecule has 3 heterocycles. The third kappa shape index (κ3) is 2.91. The molecule has 0 aromatic heterocycles. The third-order valence-electron chi connectivity index (χ3n) is 5.07. The molecule has 4 aliphatic rings. The molecule has 2 bridgehead atoms. The van der Waals surface area contributed by atoms with E-state index >= 15 is 0 Å². The van der Waals surface area contributed by atoms with E-state index in [4.69, 9.17) is 0 Å². The molecule has 1 atom stereocenters. The van der Waals surface area contributed by atoms with E-state index in [0.29, 0.717) is 12.1 Å². The molecule has 0 unspecified atom stereocenters. The molecule has 5 rings (SSSR count). The fourth-order valence-electron chi connectivity index (χ4n) is 3.56. The van der Waals surface area contributed by atoms with Crippen LogP contribution in [-0.4, -0.2) is 42.5 Å². The molecule has 4 fully saturated rings. The molecule has 1 saturated carbocycles. The number of carbonyl (C=O) groups is 1. The first kappa shape index (κ1) is 13.1. The highest BCUT2D eigenvalue weighted by molar-refractivity contribution is 5.94. The molecule has 3 saturated heterocycles. The van der Waals surface area contributed by atoms with Gasteiger partial charge in [-0.1, -0.05) is 0 Å². The fraction of sp³-hybridized carbons (Fsp3) is 0.588. The van der Waals surface area contributed by atoms with Crippen LogP contribution >= 0.6 is 0 Å². The molecule has 1 amide bonds. The van der Waals surface area contributed by atoms with E-state index in [1.54, 1.807) is 0 Å². The van der Waals surface area contributed by atoms with Gasteiger partial charge in [0.05, 0.1) is 0 Å². The standard InChI is InChI=1S/C17H23N3O/c21-17(19-15-5-6-15)13-1-3-14(4-2-13)18-16-11-20-9-7-12(16)8-10-20/h1-4,12,15-16,18H,5-11H2,(H,19,21)/t16-/m1/s1. The predicted octanol–water partition coefficient (Wildman–Crippen LogP) is 2.08. The second kappa shape index (κ2) is 5.34. The molecular formula is C17H23N3O. The number of hydrogen-bond donors (Lipinski definition) is 2. The highest BCUT2D eigenvalue weighted by Gasteiger charge is 2.33. The summed E-state index contributed by atoms with van der Waals surface area (Å²) in [7, 11) is 0. The van der Waals surface area contributed by atoms with E-state index in [2.05, 4.69) is 15.5 Å². The summed E-state index contributed by atoms with van der Waals surface area (Å²) >= 11 is 0. The van der Waals surface area contributed by atoms with E-state index in [1.807, 2.05) is 24.3 Å². The smallest absolute Gasteiger partial charge is 0.251 e. The van der Waals surface area contributed by atoms with Gasteiger partial charge in [0, 0.05) is 29.9 Å². The lowest BCUT2D eigenvalue weighted by atomic mass is 9.84. The Morgan fingerprint density at radius 3 is 2.33 bits per heavy atom. The Bertz CT molecular complexity index is 515. The van der Waals surface area contributed by atoms with Crippen LogP contribution in [0.4, 0.5) is 5.69 Å². The molecule has 1 aliphatic carbocycles. The Hall–Kier alpha value is -1.55. The number of fused-ring (bicyclic) bond motifs is 3. The SMILES string of the molecule is O=C(NC1CC1)c1ccc(N[C@@H]2CN3CCC2CC3)cc1. The number of benzene rings is 1. The van der Waals surface area contributed by atoms with Crippen LogP contribution in [0.3, 0.4) is 0 Å². The first-order chi connectivity index (χ1) is 10.3. The number of hydrogen-bond acceptors (Lipinski definition) is 3. The Kier molecular flexibility index (Phi) is 3.34. The molecule has 4 nitrogen and oxygen atoms in total. The van der Waals surface area contributed by atoms with E-state index in [0.717, 1.165) is 36.6 Å². The Labute approximate surface area is 125 Å². The minimum absolute atomic E-state index is 0.0619. The van der Waals surface area contributed by atoms with Gasteiger partial charge in [-0.25, -0.2) is 0 Å². The van der Waals surface area contributed by atoms with Crippen molar-refractivity contribution in [3.63, 3.8) is 0 Å². The zero-order chi connectivity index (χ0) is 14.2. The van der Waals surface area contributed by atoms with Gasteiger partial charge in [-0.2, -0.15) is 0 Å². The molecule has 4 heteroatoms. The van der Waals surface area contributed by atoms with Crippen LogP contribution in [0, 0.1) is 5.92 Å². The van der Waals surface area contributed by atoms with Gasteiger partial charge >= 0.3 is 0 Å². The van der Waals surface area contributed by atoms with Gasteiger partial charge < -0.3 is 15.5 Å². The van der Waals surface area contributed by atoms with Gasteiger partial charge in [-0.05, 0) is 69.0 Å². The second-order valence-electron chi connectivity index (χ2n) is 6.71. The van der Waals surface area contributed by atoms with Gasteiger partial charge in [0.2, 0.25) is 0 Å². The monoisotopic (exact) mass is 285 g/mol. The van der Waals surface area contributed by atoms with Crippen molar-refractivity contribution in [3.05, 3.63) is 29.8 Å². The number of carbonyl (C=O) groups excluding carboxylic acids is 1. The van der Waals surface area contributed by atoms with Gasteiger partial charge in [0.25, 0.3) is 5.91 Å². The molecule has 3 aliphatic heterocycles. The van der Waals surface area contributed by atoms with Crippen LogP contribution in [0.15, 0.2) is 24.3 Å². The van der Waals surface area contributed by atoms with Crippen molar-refractivity contribution in [3.8, 4) is 0 Å². The predicted molar refractivity (Wildman–Crippen MR) is 83.5 cm³/mol. The van der Waals surface area contributed by atoms with Gasteiger partial charge in [-0.15, -0.1) is 0 Å². The van der Waals surface area contributed by atoms with Crippen molar-refractivity contribution in [1.29, 1.82) is 0 Å². The highest BCUT2D eigenvalue weighted by Crippen LogP contribution is 2.29. The Morgan fingerprint density at radius 2 is 1.76 bits per heavy atom. The Balaban J connectivity index is 1.38. The first-order valence-electron chi connectivity index (χ1n) is 8.18. The van der Waals surface area contributed by atoms with Crippen LogP contribution < -0.4 is 10.6 Å². The maximum atomic E-state index is 12.0. The minimum Gasteiger partial charge on any atom is -0.381 e. The molecule has 1 aromatic carbocycles. The van der Waals surface area contributed by atoms with Crippen molar-refractivity contribution >= 4 is 11.6 Å². The summed E-state index contributed by atoms with van der Waals surface area (Å²) < 4.78 is 0. The third-order valence-corrected chi connectivity index (χ3v) is 5.07. The molecule has 21 heavy (non-hydrogen) atoms. The average Bonchev–Trinajstić information content (AvgIpc) is 3.33. The first-order valence-corrected chi connectivity index (χ1v) is 8.18. The number of rotatable bonds is 4. The number of amides is 1. The molecule has 112 valence electrons. The van der Waals surface area contributed by atoms with Crippen LogP contribution in [-0.2, 0) is 0 Å². The van der Waals surface area contributed by atoms with E-state index in [-0.39, 0.29) is 5.91 Å². The topological polar surface area (TPSA) is 44.4 Å². The largest absolute Gasteiger partial charge is 0.381 e. The summed E-state index contributed by atoms with van der Waals surface area (Å²) in [6.07, 6.45) is 4.90. The summed E-state index contributed by atoms with van der Waals surface area (Å²) in [6, 6.07) is 8.93. The lowest BCUT2D eigenvalue weighted by Crippen LogP contribution is -2.53. The fourth-order valence-corrected chi connectivity index (χ4v) is 3.56. The molecular weight excluding hydrogens is 262 g/mol. The quantitative estimate of drug-likeness (QED) is 0.890. The van der Waals surface area contributed by atoms with Crippen LogP contribution in [0.1, 0.15) is 36.0 Å². The summed E-state index contributed by atoms with van der Waals surface area (Å²) in [5, 5.41) is 6.69. The van der Waals surface area contributed by atoms with Gasteiger partial charge in [-0.3, -0.25) is 4.79 Å². The Morgan fingerprint density at radius 1 is 1.05 bits per heavy atom. The van der Waals surface area contributed by atoms with Crippen molar-refractivity contribution in [1.82, 2.24) is 10.2 Å². The normalized spacial score (nSPS) is 31.0. The van der Waals surface area contributed by atoms with E-state index in [9.17, 15) is 4.79 Å². The molecule has 0 radical (unpaired) electrons. The number of piperidine rings is 3. The van der Waals surface area contributed by atoms with E-state index < -0.39 is 0 Å². The van der Waals surface area contributed by atoms with Crippen molar-refractivity contribution in [2.24, 2.45) is 5.92 Å². The van der Waals surface area contributed by atoms with Crippen molar-refractivity contribution in [2.75, 3.05) is 25.0 Å². The van der Waals surface area contributed by atoms with Crippen LogP contribution in [0.5, 0.6) is 0 Å². The molecule has 1 aromatic rings. The molecule has 2 N–H and O–H groups in total. The second-order valence-corrected chi connectivity index (χ2v) is 6.71. The average molecular weight is 285 g/mol. The van der Waals surface area contributed by atoms with Crippen molar-refractivity contribution < 1.29 is 4.79 Å². The zero-order valence-electron chi connectivity index (χ0n) is 12.3. The lowest BCUT2D eigenvalue weighted by Gasteiger charge is -2.45. The number of nitrogens with zero attached hydrogens (tertiary/aromatic N) is 1. The zero-order valence-corrected chi connectivity index (χ0v) is 12.3.